The van der Waals surface area contributed by atoms with Crippen LogP contribution in [0.5, 0.6) is 5.75 Å². The zero-order valence-electron chi connectivity index (χ0n) is 11.5. The molecule has 7 heteroatoms. The number of benzene rings is 1. The van der Waals surface area contributed by atoms with Gasteiger partial charge in [-0.2, -0.15) is 0 Å². The highest BCUT2D eigenvalue weighted by molar-refractivity contribution is 5.71. The van der Waals surface area contributed by atoms with Crippen molar-refractivity contribution in [2.45, 2.75) is 19.8 Å². The molecule has 0 bridgehead atoms. The van der Waals surface area contributed by atoms with Gasteiger partial charge in [0.15, 0.2) is 5.75 Å². The maximum atomic E-state index is 11.2. The minimum absolute atomic E-state index is 0.0896. The molecule has 0 fully saturated rings. The molecule has 0 radical (unpaired) electrons. The van der Waals surface area contributed by atoms with Gasteiger partial charge >= 0.3 is 11.7 Å². The number of nitro benzene ring substituents is 1. The van der Waals surface area contributed by atoms with Gasteiger partial charge < -0.3 is 14.7 Å². The zero-order chi connectivity index (χ0) is 15.1. The third-order valence-corrected chi connectivity index (χ3v) is 2.69. The number of aliphatic carboxylic acids is 1. The molecule has 0 atom stereocenters. The van der Waals surface area contributed by atoms with Crippen LogP contribution in [0.2, 0.25) is 0 Å². The van der Waals surface area contributed by atoms with Gasteiger partial charge in [0.25, 0.3) is 0 Å². The van der Waals surface area contributed by atoms with Crippen molar-refractivity contribution >= 4 is 17.3 Å². The van der Waals surface area contributed by atoms with Crippen molar-refractivity contribution in [1.82, 2.24) is 0 Å². The molecule has 20 heavy (non-hydrogen) atoms. The second kappa shape index (κ2) is 7.32. The van der Waals surface area contributed by atoms with E-state index in [-0.39, 0.29) is 24.4 Å². The van der Waals surface area contributed by atoms with Crippen LogP contribution in [0.3, 0.4) is 0 Å². The number of hydrogen-bond acceptors (Lipinski definition) is 5. The predicted molar refractivity (Wildman–Crippen MR) is 74.4 cm³/mol. The highest BCUT2D eigenvalue weighted by Gasteiger charge is 2.23. The van der Waals surface area contributed by atoms with Gasteiger partial charge in [-0.1, -0.05) is 13.0 Å². The molecule has 0 saturated carbocycles. The minimum Gasteiger partial charge on any atom is -0.487 e. The van der Waals surface area contributed by atoms with Crippen LogP contribution in [0.4, 0.5) is 11.4 Å². The Morgan fingerprint density at radius 1 is 1.50 bits per heavy atom. The molecule has 0 saturated heterocycles. The number of carbonyl (C=O) groups is 1. The lowest BCUT2D eigenvalue weighted by Gasteiger charge is -2.19. The number of nitrogens with zero attached hydrogens (tertiary/aromatic N) is 2. The van der Waals surface area contributed by atoms with E-state index in [1.807, 2.05) is 6.92 Å². The number of hydrogen-bond donors (Lipinski definition) is 1. The van der Waals surface area contributed by atoms with Crippen molar-refractivity contribution in [2.24, 2.45) is 0 Å². The predicted octanol–water partition coefficient (Wildman–Crippen LogP) is 2.29. The van der Waals surface area contributed by atoms with E-state index in [1.54, 1.807) is 30.1 Å². The van der Waals surface area contributed by atoms with Crippen molar-refractivity contribution in [3.8, 4) is 5.75 Å². The minimum atomic E-state index is -0.946. The Kier molecular flexibility index (Phi) is 5.76. The van der Waals surface area contributed by atoms with Gasteiger partial charge in [0, 0.05) is 13.6 Å². The number of carboxylic acids is 1. The molecule has 0 aliphatic heterocycles. The maximum Gasteiger partial charge on any atom is 0.333 e. The van der Waals surface area contributed by atoms with Gasteiger partial charge in [0.1, 0.15) is 5.69 Å². The quantitative estimate of drug-likeness (QED) is 0.581. The second-order valence-corrected chi connectivity index (χ2v) is 4.29. The summed E-state index contributed by atoms with van der Waals surface area (Å²) >= 11 is 0. The molecular formula is C13H18N2O5. The molecule has 1 aromatic carbocycles. The highest BCUT2D eigenvalue weighted by Crippen LogP contribution is 2.36. The summed E-state index contributed by atoms with van der Waals surface area (Å²) in [7, 11) is 1.62. The summed E-state index contributed by atoms with van der Waals surface area (Å²) < 4.78 is 5.38. The van der Waals surface area contributed by atoms with Crippen molar-refractivity contribution < 1.29 is 19.6 Å². The molecule has 0 amide bonds. The third-order valence-electron chi connectivity index (χ3n) is 2.69. The van der Waals surface area contributed by atoms with Gasteiger partial charge in [0.05, 0.1) is 18.0 Å². The Labute approximate surface area is 116 Å². The third kappa shape index (κ3) is 4.11. The Bertz CT molecular complexity index is 490. The largest absolute Gasteiger partial charge is 0.487 e. The van der Waals surface area contributed by atoms with Crippen LogP contribution in [0.1, 0.15) is 19.8 Å². The lowest BCUT2D eigenvalue weighted by molar-refractivity contribution is -0.385. The molecule has 0 aliphatic rings. The molecular weight excluding hydrogens is 264 g/mol. The van der Waals surface area contributed by atoms with Crippen molar-refractivity contribution in [2.75, 3.05) is 25.1 Å². The zero-order valence-corrected chi connectivity index (χ0v) is 11.5. The summed E-state index contributed by atoms with van der Waals surface area (Å²) in [6.07, 6.45) is 0.657. The van der Waals surface area contributed by atoms with Crippen molar-refractivity contribution in [3.05, 3.63) is 28.3 Å². The standard InChI is InChI=1S/C13H18N2O5/c1-3-9-20-11-6-4-5-10(13(11)15(18)19)14(2)8-7-12(16)17/h4-6H,3,7-9H2,1-2H3,(H,16,17). The molecule has 1 N–H and O–H groups in total. The molecule has 1 aromatic rings. The van der Waals surface area contributed by atoms with E-state index in [0.29, 0.717) is 12.3 Å². The Morgan fingerprint density at radius 3 is 2.75 bits per heavy atom. The lowest BCUT2D eigenvalue weighted by Crippen LogP contribution is -2.22. The first-order valence-electron chi connectivity index (χ1n) is 6.30. The molecule has 0 heterocycles. The summed E-state index contributed by atoms with van der Waals surface area (Å²) in [5.41, 5.74) is 0.221. The van der Waals surface area contributed by atoms with Gasteiger partial charge in [-0.15, -0.1) is 0 Å². The number of rotatable bonds is 8. The summed E-state index contributed by atoms with van der Waals surface area (Å²) in [5.74, 6) is -0.741. The van der Waals surface area contributed by atoms with Gasteiger partial charge in [0.2, 0.25) is 0 Å². The maximum absolute atomic E-state index is 11.2. The number of para-hydroxylation sites is 1. The highest BCUT2D eigenvalue weighted by atomic mass is 16.6. The molecule has 0 unspecified atom stereocenters. The summed E-state index contributed by atoms with van der Waals surface area (Å²) in [4.78, 5) is 22.9. The van der Waals surface area contributed by atoms with Crippen molar-refractivity contribution in [3.63, 3.8) is 0 Å². The van der Waals surface area contributed by atoms with Crippen LogP contribution in [0.15, 0.2) is 18.2 Å². The first-order chi connectivity index (χ1) is 9.47. The molecule has 0 spiro atoms. The van der Waals surface area contributed by atoms with Crippen molar-refractivity contribution in [1.29, 1.82) is 0 Å². The van der Waals surface area contributed by atoms with Gasteiger partial charge in [-0.3, -0.25) is 14.9 Å². The fraction of sp³-hybridized carbons (Fsp3) is 0.462. The first-order valence-corrected chi connectivity index (χ1v) is 6.30. The lowest BCUT2D eigenvalue weighted by atomic mass is 10.2. The normalized spacial score (nSPS) is 10.1. The van der Waals surface area contributed by atoms with Crippen LogP contribution >= 0.6 is 0 Å². The molecule has 1 rings (SSSR count). The number of nitro groups is 1. The first kappa shape index (κ1) is 15.7. The van der Waals surface area contributed by atoms with Crippen LogP contribution in [0.25, 0.3) is 0 Å². The van der Waals surface area contributed by atoms with E-state index in [4.69, 9.17) is 9.84 Å². The Balaban J connectivity index is 3.05. The van der Waals surface area contributed by atoms with Gasteiger partial charge in [-0.05, 0) is 18.6 Å². The van der Waals surface area contributed by atoms with Crippen LogP contribution in [-0.2, 0) is 4.79 Å². The van der Waals surface area contributed by atoms with E-state index in [0.717, 1.165) is 6.42 Å². The van der Waals surface area contributed by atoms with Crippen LogP contribution in [0, 0.1) is 10.1 Å². The molecule has 0 aliphatic carbocycles. The molecule has 0 aromatic heterocycles. The second-order valence-electron chi connectivity index (χ2n) is 4.29. The van der Waals surface area contributed by atoms with Crippen LogP contribution < -0.4 is 9.64 Å². The Hall–Kier alpha value is -2.31. The summed E-state index contributed by atoms with van der Waals surface area (Å²) in [6, 6.07) is 4.78. The SMILES string of the molecule is CCCOc1cccc(N(C)CCC(=O)O)c1[N+](=O)[O-]. The van der Waals surface area contributed by atoms with E-state index in [2.05, 4.69) is 0 Å². The van der Waals surface area contributed by atoms with E-state index < -0.39 is 10.9 Å². The fourth-order valence-electron chi connectivity index (χ4n) is 1.71. The van der Waals surface area contributed by atoms with Crippen LogP contribution in [-0.4, -0.2) is 36.2 Å². The number of ether oxygens (including phenoxy) is 1. The smallest absolute Gasteiger partial charge is 0.333 e. The van der Waals surface area contributed by atoms with E-state index in [9.17, 15) is 14.9 Å². The topological polar surface area (TPSA) is 92.9 Å². The summed E-state index contributed by atoms with van der Waals surface area (Å²) in [5, 5.41) is 19.9. The average Bonchev–Trinajstić information content (AvgIpc) is 2.41. The average molecular weight is 282 g/mol. The number of anilines is 1. The summed E-state index contributed by atoms with van der Waals surface area (Å²) in [6.45, 7) is 2.49. The fourth-order valence-corrected chi connectivity index (χ4v) is 1.71. The Morgan fingerprint density at radius 2 is 2.20 bits per heavy atom. The van der Waals surface area contributed by atoms with E-state index in [1.165, 1.54) is 0 Å². The molecule has 110 valence electrons. The van der Waals surface area contributed by atoms with E-state index >= 15 is 0 Å². The number of carboxylic acid groups (broad SMARTS) is 1. The monoisotopic (exact) mass is 282 g/mol. The van der Waals surface area contributed by atoms with Gasteiger partial charge in [-0.25, -0.2) is 0 Å². The molecule has 7 nitrogen and oxygen atoms in total.